The summed E-state index contributed by atoms with van der Waals surface area (Å²) in [6.07, 6.45) is 10.8. The number of hydrogen-bond donors (Lipinski definition) is 0. The van der Waals surface area contributed by atoms with Crippen LogP contribution in [0.2, 0.25) is 0 Å². The fraction of sp³-hybridized carbons (Fsp3) is 0.190. The van der Waals surface area contributed by atoms with Crippen LogP contribution in [0.25, 0.3) is 0 Å². The Labute approximate surface area is 132 Å². The SMILES string of the molecule is C#Cc1cccc(C(C)C(=O)C(C)c2cccc(C#C)c2)c1. The van der Waals surface area contributed by atoms with Gasteiger partial charge >= 0.3 is 0 Å². The highest BCUT2D eigenvalue weighted by molar-refractivity contribution is 5.91. The number of rotatable bonds is 4. The summed E-state index contributed by atoms with van der Waals surface area (Å²) in [6, 6.07) is 15.2. The van der Waals surface area contributed by atoms with Crippen molar-refractivity contribution in [3.63, 3.8) is 0 Å². The average molecular weight is 286 g/mol. The molecular formula is C21H18O. The van der Waals surface area contributed by atoms with Gasteiger partial charge in [0.25, 0.3) is 0 Å². The first-order valence-electron chi connectivity index (χ1n) is 7.23. The molecule has 0 radical (unpaired) electrons. The van der Waals surface area contributed by atoms with E-state index >= 15 is 0 Å². The molecule has 0 saturated heterocycles. The number of carbonyl (C=O) groups excluding carboxylic acids is 1. The minimum Gasteiger partial charge on any atom is -0.298 e. The van der Waals surface area contributed by atoms with Gasteiger partial charge in [0.2, 0.25) is 0 Å². The van der Waals surface area contributed by atoms with Gasteiger partial charge in [0.15, 0.2) is 0 Å². The van der Waals surface area contributed by atoms with E-state index in [4.69, 9.17) is 12.8 Å². The molecule has 0 fully saturated rings. The normalized spacial score (nSPS) is 12.7. The molecule has 0 N–H and O–H groups in total. The summed E-state index contributed by atoms with van der Waals surface area (Å²) in [5.74, 6) is 4.94. The number of Topliss-reactive ketones (excluding diaryl/α,β-unsaturated/α-hetero) is 1. The van der Waals surface area contributed by atoms with Crippen molar-refractivity contribution in [2.75, 3.05) is 0 Å². The molecule has 2 unspecified atom stereocenters. The molecule has 0 aliphatic carbocycles. The molecule has 108 valence electrons. The van der Waals surface area contributed by atoms with Gasteiger partial charge in [-0.15, -0.1) is 12.8 Å². The molecule has 2 rings (SSSR count). The summed E-state index contributed by atoms with van der Waals surface area (Å²) in [5, 5.41) is 0. The number of carbonyl (C=O) groups is 1. The lowest BCUT2D eigenvalue weighted by Gasteiger charge is -2.17. The van der Waals surface area contributed by atoms with Crippen LogP contribution in [0.15, 0.2) is 48.5 Å². The predicted octanol–water partition coefficient (Wildman–Crippen LogP) is 4.13. The van der Waals surface area contributed by atoms with Crippen molar-refractivity contribution in [3.05, 3.63) is 70.8 Å². The monoisotopic (exact) mass is 286 g/mol. The molecule has 0 aromatic heterocycles. The third-order valence-corrected chi connectivity index (χ3v) is 3.96. The minimum absolute atomic E-state index is 0.156. The van der Waals surface area contributed by atoms with E-state index in [1.807, 2.05) is 62.4 Å². The lowest BCUT2D eigenvalue weighted by molar-refractivity contribution is -0.121. The maximum absolute atomic E-state index is 12.7. The van der Waals surface area contributed by atoms with E-state index in [0.717, 1.165) is 22.3 Å². The van der Waals surface area contributed by atoms with Crippen LogP contribution in [0.5, 0.6) is 0 Å². The molecule has 0 heterocycles. The van der Waals surface area contributed by atoms with E-state index in [0.29, 0.717) is 0 Å². The van der Waals surface area contributed by atoms with Crippen molar-refractivity contribution in [1.82, 2.24) is 0 Å². The smallest absolute Gasteiger partial charge is 0.147 e. The van der Waals surface area contributed by atoms with Gasteiger partial charge in [-0.3, -0.25) is 4.79 Å². The van der Waals surface area contributed by atoms with Gasteiger partial charge in [0, 0.05) is 23.0 Å². The van der Waals surface area contributed by atoms with E-state index in [-0.39, 0.29) is 17.6 Å². The summed E-state index contributed by atoms with van der Waals surface area (Å²) < 4.78 is 0. The molecule has 0 aliphatic rings. The lowest BCUT2D eigenvalue weighted by atomic mass is 9.85. The Bertz CT molecular complexity index is 705. The van der Waals surface area contributed by atoms with Crippen molar-refractivity contribution in [1.29, 1.82) is 0 Å². The van der Waals surface area contributed by atoms with Crippen LogP contribution in [0.1, 0.15) is 47.9 Å². The first-order chi connectivity index (χ1) is 10.6. The zero-order valence-corrected chi connectivity index (χ0v) is 12.8. The molecule has 0 aliphatic heterocycles. The highest BCUT2D eigenvalue weighted by Crippen LogP contribution is 2.27. The van der Waals surface area contributed by atoms with Gasteiger partial charge in [-0.05, 0) is 35.4 Å². The van der Waals surface area contributed by atoms with Crippen LogP contribution < -0.4 is 0 Å². The highest BCUT2D eigenvalue weighted by atomic mass is 16.1. The van der Waals surface area contributed by atoms with E-state index in [9.17, 15) is 4.79 Å². The first kappa shape index (κ1) is 15.6. The lowest BCUT2D eigenvalue weighted by Crippen LogP contribution is -2.16. The van der Waals surface area contributed by atoms with E-state index in [1.54, 1.807) is 0 Å². The van der Waals surface area contributed by atoms with Crippen LogP contribution in [0.4, 0.5) is 0 Å². The summed E-state index contributed by atoms with van der Waals surface area (Å²) >= 11 is 0. The second-order valence-electron chi connectivity index (χ2n) is 5.39. The predicted molar refractivity (Wildman–Crippen MR) is 90.6 cm³/mol. The molecule has 0 bridgehead atoms. The Balaban J connectivity index is 2.26. The van der Waals surface area contributed by atoms with Crippen molar-refractivity contribution < 1.29 is 4.79 Å². The summed E-state index contributed by atoms with van der Waals surface area (Å²) in [6.45, 7) is 3.83. The minimum atomic E-state index is -0.210. The summed E-state index contributed by atoms with van der Waals surface area (Å²) in [4.78, 5) is 12.7. The maximum atomic E-state index is 12.7. The van der Waals surface area contributed by atoms with Crippen LogP contribution in [0.3, 0.4) is 0 Å². The van der Waals surface area contributed by atoms with Gasteiger partial charge in [0.05, 0.1) is 0 Å². The topological polar surface area (TPSA) is 17.1 Å². The van der Waals surface area contributed by atoms with Crippen molar-refractivity contribution in [3.8, 4) is 24.7 Å². The molecule has 22 heavy (non-hydrogen) atoms. The van der Waals surface area contributed by atoms with Crippen molar-refractivity contribution in [2.45, 2.75) is 25.7 Å². The highest BCUT2D eigenvalue weighted by Gasteiger charge is 2.23. The van der Waals surface area contributed by atoms with Crippen LogP contribution in [-0.4, -0.2) is 5.78 Å². The molecular weight excluding hydrogens is 268 g/mol. The summed E-state index contributed by atoms with van der Waals surface area (Å²) in [7, 11) is 0. The molecule has 2 atom stereocenters. The Morgan fingerprint density at radius 1 is 0.864 bits per heavy atom. The van der Waals surface area contributed by atoms with E-state index < -0.39 is 0 Å². The van der Waals surface area contributed by atoms with Crippen molar-refractivity contribution in [2.24, 2.45) is 0 Å². The van der Waals surface area contributed by atoms with Crippen LogP contribution >= 0.6 is 0 Å². The number of benzene rings is 2. The fourth-order valence-electron chi connectivity index (χ4n) is 2.50. The maximum Gasteiger partial charge on any atom is 0.147 e. The largest absolute Gasteiger partial charge is 0.298 e. The molecule has 0 spiro atoms. The number of hydrogen-bond acceptors (Lipinski definition) is 1. The van der Waals surface area contributed by atoms with Gasteiger partial charge in [-0.2, -0.15) is 0 Å². The quantitative estimate of drug-likeness (QED) is 0.773. The third kappa shape index (κ3) is 3.27. The second-order valence-corrected chi connectivity index (χ2v) is 5.39. The summed E-state index contributed by atoms with van der Waals surface area (Å²) in [5.41, 5.74) is 3.47. The fourth-order valence-corrected chi connectivity index (χ4v) is 2.50. The van der Waals surface area contributed by atoms with Gasteiger partial charge < -0.3 is 0 Å². The van der Waals surface area contributed by atoms with Crippen molar-refractivity contribution >= 4 is 5.78 Å². The zero-order chi connectivity index (χ0) is 16.1. The number of terminal acetylenes is 2. The Morgan fingerprint density at radius 2 is 1.27 bits per heavy atom. The third-order valence-electron chi connectivity index (χ3n) is 3.96. The Hall–Kier alpha value is -2.77. The first-order valence-corrected chi connectivity index (χ1v) is 7.23. The Kier molecular flexibility index (Phi) is 4.82. The molecule has 2 aromatic rings. The van der Waals surface area contributed by atoms with Crippen LogP contribution in [0, 0.1) is 24.7 Å². The molecule has 0 amide bonds. The van der Waals surface area contributed by atoms with Gasteiger partial charge in [-0.25, -0.2) is 0 Å². The van der Waals surface area contributed by atoms with Gasteiger partial charge in [-0.1, -0.05) is 50.0 Å². The molecule has 1 nitrogen and oxygen atoms in total. The molecule has 0 saturated carbocycles. The molecule has 2 aromatic carbocycles. The Morgan fingerprint density at radius 3 is 1.64 bits per heavy atom. The standard InChI is InChI=1S/C21H18O/c1-5-17-9-7-11-19(13-17)15(3)21(22)16(4)20-12-8-10-18(6-2)14-20/h1-2,7-16H,3-4H3. The van der Waals surface area contributed by atoms with E-state index in [1.165, 1.54) is 0 Å². The van der Waals surface area contributed by atoms with E-state index in [2.05, 4.69) is 11.8 Å². The number of ketones is 1. The average Bonchev–Trinajstić information content (AvgIpc) is 2.59. The zero-order valence-electron chi connectivity index (χ0n) is 12.8. The van der Waals surface area contributed by atoms with Crippen LogP contribution in [-0.2, 0) is 4.79 Å². The molecule has 1 heteroatoms. The second kappa shape index (κ2) is 6.79. The van der Waals surface area contributed by atoms with Gasteiger partial charge in [0.1, 0.15) is 5.78 Å².